The average molecular weight is 361 g/mol. The summed E-state index contributed by atoms with van der Waals surface area (Å²) >= 11 is 1.55. The minimum atomic E-state index is -0.958. The number of aliphatic carboxylic acids is 1. The molecule has 0 aliphatic heterocycles. The van der Waals surface area contributed by atoms with Crippen molar-refractivity contribution in [1.82, 2.24) is 5.32 Å². The van der Waals surface area contributed by atoms with Crippen molar-refractivity contribution in [2.75, 3.05) is 27.7 Å². The number of nitrogens with one attached hydrogen (secondary N) is 1. The van der Waals surface area contributed by atoms with E-state index in [2.05, 4.69) is 17.2 Å². The first-order valence-corrected chi connectivity index (χ1v) is 8.64. The van der Waals surface area contributed by atoms with Crippen molar-refractivity contribution in [3.63, 3.8) is 0 Å². The molecule has 2 aromatic rings. The summed E-state index contributed by atoms with van der Waals surface area (Å²) < 4.78 is 5.98. The normalized spacial score (nSPS) is 12.1. The molecule has 132 valence electrons. The molecule has 0 fully saturated rings. The summed E-state index contributed by atoms with van der Waals surface area (Å²) in [4.78, 5) is 23.3. The number of furan rings is 1. The summed E-state index contributed by atoms with van der Waals surface area (Å²) in [6.07, 6.45) is -0.146. The zero-order valence-electron chi connectivity index (χ0n) is 14.4. The van der Waals surface area contributed by atoms with Gasteiger partial charge in [0.1, 0.15) is 0 Å². The summed E-state index contributed by atoms with van der Waals surface area (Å²) in [6.45, 7) is 0.490. The van der Waals surface area contributed by atoms with Gasteiger partial charge in [-0.25, -0.2) is 0 Å². The Morgan fingerprint density at radius 3 is 2.64 bits per heavy atom. The van der Waals surface area contributed by atoms with E-state index in [0.717, 1.165) is 5.56 Å². The van der Waals surface area contributed by atoms with Gasteiger partial charge in [0.2, 0.25) is 0 Å². The number of hydrogen-bond acceptors (Lipinski definition) is 4. The van der Waals surface area contributed by atoms with Crippen LogP contribution in [0.15, 0.2) is 33.4 Å². The fraction of sp³-hybridized carbons (Fsp3) is 0.333. The van der Waals surface area contributed by atoms with E-state index in [1.165, 1.54) is 6.07 Å². The lowest BCUT2D eigenvalue weighted by atomic mass is 10.2. The molecule has 25 heavy (non-hydrogen) atoms. The lowest BCUT2D eigenvalue weighted by Crippen LogP contribution is -2.49. The zero-order chi connectivity index (χ0) is 18.4. The fourth-order valence-electron chi connectivity index (χ4n) is 2.29. The van der Waals surface area contributed by atoms with Crippen LogP contribution in [0.3, 0.4) is 0 Å². The molecule has 1 unspecified atom stereocenters. The zero-order valence-corrected chi connectivity index (χ0v) is 15.2. The van der Waals surface area contributed by atoms with Gasteiger partial charge < -0.3 is 19.3 Å². The molecule has 2 heterocycles. The maximum atomic E-state index is 12.3. The Hall–Kier alpha value is -2.56. The van der Waals surface area contributed by atoms with Gasteiger partial charge in [0.05, 0.1) is 40.2 Å². The molecular formula is C18H21N2O4S+. The van der Waals surface area contributed by atoms with Crippen LogP contribution >= 0.6 is 11.3 Å². The molecule has 0 aliphatic carbocycles. The first kappa shape index (κ1) is 18.8. The number of carboxylic acids is 1. The number of amides is 1. The molecule has 7 heteroatoms. The summed E-state index contributed by atoms with van der Waals surface area (Å²) in [7, 11) is 5.81. The molecule has 0 aliphatic rings. The predicted molar refractivity (Wildman–Crippen MR) is 95.4 cm³/mol. The quantitative estimate of drug-likeness (QED) is 0.609. The fourth-order valence-corrected chi connectivity index (χ4v) is 2.87. The molecule has 0 saturated carbocycles. The number of carboxylic acid groups (broad SMARTS) is 1. The van der Waals surface area contributed by atoms with Crippen LogP contribution in [0.4, 0.5) is 0 Å². The number of rotatable bonds is 6. The van der Waals surface area contributed by atoms with Gasteiger partial charge >= 0.3 is 5.97 Å². The van der Waals surface area contributed by atoms with Crippen LogP contribution in [0.25, 0.3) is 0 Å². The molecule has 0 aromatic carbocycles. The third-order valence-electron chi connectivity index (χ3n) is 3.21. The standard InChI is InChI=1S/C18H20N2O4S/c1-20(2,3)11-14(10-17(21)22)19-18(23)16-7-6-15(24-16)5-4-13-8-9-25-12-13/h6-9,12,14H,10-11H2,1-3H3,(H-,19,21,22,23)/p+1. The number of likely N-dealkylation sites (N-methyl/N-ethyl adjacent to an activating group) is 1. The molecule has 0 spiro atoms. The van der Waals surface area contributed by atoms with E-state index in [1.54, 1.807) is 17.4 Å². The van der Waals surface area contributed by atoms with E-state index in [9.17, 15) is 9.59 Å². The Labute approximate surface area is 150 Å². The Balaban J connectivity index is 2.04. The summed E-state index contributed by atoms with van der Waals surface area (Å²) in [5, 5.41) is 15.6. The Bertz CT molecular complexity index is 791. The number of carbonyl (C=O) groups is 2. The van der Waals surface area contributed by atoms with E-state index < -0.39 is 17.9 Å². The number of thiophene rings is 1. The number of nitrogens with zero attached hydrogens (tertiary/aromatic N) is 1. The SMILES string of the molecule is C[N+](C)(C)CC(CC(=O)O)NC(=O)c1ccc(C#Cc2ccsc2)o1. The van der Waals surface area contributed by atoms with E-state index in [-0.39, 0.29) is 12.2 Å². The Kier molecular flexibility index (Phi) is 6.02. The average Bonchev–Trinajstić information content (AvgIpc) is 3.14. The van der Waals surface area contributed by atoms with Gasteiger partial charge in [0.15, 0.2) is 11.5 Å². The molecule has 1 atom stereocenters. The lowest BCUT2D eigenvalue weighted by Gasteiger charge is -2.28. The molecule has 0 bridgehead atoms. The van der Waals surface area contributed by atoms with Crippen molar-refractivity contribution in [2.24, 2.45) is 0 Å². The predicted octanol–water partition coefficient (Wildman–Crippen LogP) is 2.02. The van der Waals surface area contributed by atoms with E-state index in [4.69, 9.17) is 9.52 Å². The smallest absolute Gasteiger partial charge is 0.305 e. The Morgan fingerprint density at radius 2 is 2.04 bits per heavy atom. The highest BCUT2D eigenvalue weighted by atomic mass is 32.1. The van der Waals surface area contributed by atoms with Crippen LogP contribution in [0.5, 0.6) is 0 Å². The first-order chi connectivity index (χ1) is 11.7. The van der Waals surface area contributed by atoms with Crippen molar-refractivity contribution < 1.29 is 23.6 Å². The largest absolute Gasteiger partial charge is 0.481 e. The molecular weight excluding hydrogens is 340 g/mol. The van der Waals surface area contributed by atoms with Crippen LogP contribution in [-0.2, 0) is 4.79 Å². The van der Waals surface area contributed by atoms with Crippen LogP contribution in [-0.4, -0.2) is 55.2 Å². The molecule has 6 nitrogen and oxygen atoms in total. The molecule has 2 rings (SSSR count). The van der Waals surface area contributed by atoms with Crippen molar-refractivity contribution in [1.29, 1.82) is 0 Å². The van der Waals surface area contributed by atoms with Gasteiger partial charge in [-0.15, -0.1) is 0 Å². The second-order valence-corrected chi connectivity index (χ2v) is 7.45. The maximum absolute atomic E-state index is 12.3. The third kappa shape index (κ3) is 6.45. The van der Waals surface area contributed by atoms with Crippen molar-refractivity contribution in [2.45, 2.75) is 12.5 Å². The van der Waals surface area contributed by atoms with Gasteiger partial charge in [-0.2, -0.15) is 11.3 Å². The maximum Gasteiger partial charge on any atom is 0.305 e. The van der Waals surface area contributed by atoms with Crippen molar-refractivity contribution in [3.05, 3.63) is 46.0 Å². The minimum Gasteiger partial charge on any atom is -0.481 e. The van der Waals surface area contributed by atoms with Gasteiger partial charge in [-0.1, -0.05) is 5.92 Å². The molecule has 0 radical (unpaired) electrons. The number of carbonyl (C=O) groups excluding carboxylic acids is 1. The number of hydrogen-bond donors (Lipinski definition) is 2. The monoisotopic (exact) mass is 361 g/mol. The van der Waals surface area contributed by atoms with Gasteiger partial charge in [0.25, 0.3) is 5.91 Å². The van der Waals surface area contributed by atoms with Crippen LogP contribution in [0.2, 0.25) is 0 Å². The molecule has 0 saturated heterocycles. The van der Waals surface area contributed by atoms with E-state index in [0.29, 0.717) is 16.8 Å². The minimum absolute atomic E-state index is 0.117. The lowest BCUT2D eigenvalue weighted by molar-refractivity contribution is -0.871. The highest BCUT2D eigenvalue weighted by molar-refractivity contribution is 7.08. The van der Waals surface area contributed by atoms with E-state index in [1.807, 2.05) is 38.0 Å². The van der Waals surface area contributed by atoms with Crippen molar-refractivity contribution >= 4 is 23.2 Å². The van der Waals surface area contributed by atoms with Crippen LogP contribution in [0.1, 0.15) is 28.3 Å². The first-order valence-electron chi connectivity index (χ1n) is 7.70. The third-order valence-corrected chi connectivity index (χ3v) is 3.89. The summed E-state index contributed by atoms with van der Waals surface area (Å²) in [5.41, 5.74) is 0.886. The molecule has 1 amide bonds. The number of quaternary nitrogens is 1. The second-order valence-electron chi connectivity index (χ2n) is 6.67. The highest BCUT2D eigenvalue weighted by Crippen LogP contribution is 2.10. The van der Waals surface area contributed by atoms with E-state index >= 15 is 0 Å². The van der Waals surface area contributed by atoms with Crippen LogP contribution in [0, 0.1) is 11.8 Å². The second kappa shape index (κ2) is 8.01. The topological polar surface area (TPSA) is 79.5 Å². The van der Waals surface area contributed by atoms with Crippen LogP contribution < -0.4 is 5.32 Å². The Morgan fingerprint density at radius 1 is 1.28 bits per heavy atom. The summed E-state index contributed by atoms with van der Waals surface area (Å²) in [5.74, 6) is 4.91. The van der Waals surface area contributed by atoms with Gasteiger partial charge in [-0.3, -0.25) is 9.59 Å². The van der Waals surface area contributed by atoms with Crippen molar-refractivity contribution in [3.8, 4) is 11.8 Å². The summed E-state index contributed by atoms with van der Waals surface area (Å²) in [6, 6.07) is 4.57. The van der Waals surface area contributed by atoms with Gasteiger partial charge in [-0.05, 0) is 29.5 Å². The molecule has 2 aromatic heterocycles. The highest BCUT2D eigenvalue weighted by Gasteiger charge is 2.24. The van der Waals surface area contributed by atoms with Gasteiger partial charge in [0, 0.05) is 10.9 Å². The molecule has 2 N–H and O–H groups in total.